The van der Waals surface area contributed by atoms with Crippen molar-refractivity contribution in [2.24, 2.45) is 0 Å². The van der Waals surface area contributed by atoms with Crippen LogP contribution in [0.5, 0.6) is 0 Å². The van der Waals surface area contributed by atoms with E-state index in [0.717, 1.165) is 12.1 Å². The number of nitrogens with one attached hydrogen (secondary N) is 2. The second-order valence-electron chi connectivity index (χ2n) is 4.82. The van der Waals surface area contributed by atoms with Gasteiger partial charge >= 0.3 is 6.18 Å². The van der Waals surface area contributed by atoms with Crippen LogP contribution in [0.25, 0.3) is 0 Å². The molecule has 0 fully saturated rings. The Bertz CT molecular complexity index is 630. The Balaban J connectivity index is 2.14. The van der Waals surface area contributed by atoms with Crippen LogP contribution in [0, 0.1) is 0 Å². The number of amides is 1. The van der Waals surface area contributed by atoms with Gasteiger partial charge in [0, 0.05) is 6.42 Å². The summed E-state index contributed by atoms with van der Waals surface area (Å²) >= 11 is 0. The summed E-state index contributed by atoms with van der Waals surface area (Å²) in [5.74, 6) is -0.264. The molecule has 22 heavy (non-hydrogen) atoms. The van der Waals surface area contributed by atoms with Gasteiger partial charge in [-0.2, -0.15) is 13.2 Å². The molecule has 2 N–H and O–H groups in total. The lowest BCUT2D eigenvalue weighted by Crippen LogP contribution is -2.49. The average molecular weight is 308 g/mol. The van der Waals surface area contributed by atoms with E-state index in [2.05, 4.69) is 23.8 Å². The third-order valence-electron chi connectivity index (χ3n) is 3.32. The van der Waals surface area contributed by atoms with E-state index >= 15 is 0 Å². The summed E-state index contributed by atoms with van der Waals surface area (Å²) in [6.45, 7) is 7.24. The third kappa shape index (κ3) is 3.39. The SMILES string of the molecule is C=CC1=C(C=C)NC(Cc2ccc(C(F)(F)F)cc2)C(=O)N1. The lowest BCUT2D eigenvalue weighted by Gasteiger charge is -2.27. The molecule has 1 unspecified atom stereocenters. The number of carbonyl (C=O) groups is 1. The Morgan fingerprint density at radius 1 is 1.09 bits per heavy atom. The zero-order valence-corrected chi connectivity index (χ0v) is 11.7. The first-order chi connectivity index (χ1) is 10.3. The molecule has 6 heteroatoms. The van der Waals surface area contributed by atoms with E-state index in [1.807, 2.05) is 0 Å². The number of alkyl halides is 3. The van der Waals surface area contributed by atoms with Crippen molar-refractivity contribution in [2.45, 2.75) is 18.6 Å². The van der Waals surface area contributed by atoms with Crippen LogP contribution in [0.3, 0.4) is 0 Å². The van der Waals surface area contributed by atoms with Gasteiger partial charge in [-0.25, -0.2) is 0 Å². The van der Waals surface area contributed by atoms with Crippen molar-refractivity contribution >= 4 is 5.91 Å². The number of allylic oxidation sites excluding steroid dienone is 2. The van der Waals surface area contributed by atoms with Crippen LogP contribution in [-0.2, 0) is 17.4 Å². The second-order valence-corrected chi connectivity index (χ2v) is 4.82. The number of benzene rings is 1. The van der Waals surface area contributed by atoms with Crippen LogP contribution in [0.4, 0.5) is 13.2 Å². The molecule has 2 rings (SSSR count). The summed E-state index contributed by atoms with van der Waals surface area (Å²) in [5.41, 5.74) is 1.08. The Kier molecular flexibility index (Phi) is 4.40. The molecule has 1 amide bonds. The van der Waals surface area contributed by atoms with Gasteiger partial charge in [0.1, 0.15) is 6.04 Å². The Labute approximate surface area is 126 Å². The molecule has 0 saturated heterocycles. The highest BCUT2D eigenvalue weighted by Crippen LogP contribution is 2.29. The fourth-order valence-corrected chi connectivity index (χ4v) is 2.16. The first kappa shape index (κ1) is 15.9. The van der Waals surface area contributed by atoms with Gasteiger partial charge < -0.3 is 10.6 Å². The molecule has 1 heterocycles. The molecule has 1 aliphatic heterocycles. The smallest absolute Gasteiger partial charge is 0.372 e. The normalized spacial score (nSPS) is 18.5. The molecule has 1 aliphatic rings. The molecule has 1 aromatic rings. The van der Waals surface area contributed by atoms with Crippen LogP contribution in [0.1, 0.15) is 11.1 Å². The van der Waals surface area contributed by atoms with Gasteiger partial charge in [-0.05, 0) is 29.8 Å². The predicted octanol–water partition coefficient (Wildman–Crippen LogP) is 2.92. The maximum atomic E-state index is 12.5. The van der Waals surface area contributed by atoms with Crippen LogP contribution in [0.15, 0.2) is 61.0 Å². The summed E-state index contributed by atoms with van der Waals surface area (Å²) in [6, 6.07) is 4.19. The molecular formula is C16H15F3N2O. The molecule has 0 radical (unpaired) electrons. The van der Waals surface area contributed by atoms with Gasteiger partial charge in [0.15, 0.2) is 0 Å². The van der Waals surface area contributed by atoms with E-state index in [1.165, 1.54) is 18.2 Å². The molecule has 0 spiro atoms. The molecular weight excluding hydrogens is 293 g/mol. The van der Waals surface area contributed by atoms with Crippen molar-refractivity contribution in [3.8, 4) is 0 Å². The van der Waals surface area contributed by atoms with Gasteiger partial charge in [0.25, 0.3) is 0 Å². The van der Waals surface area contributed by atoms with Gasteiger partial charge in [0.05, 0.1) is 17.0 Å². The van der Waals surface area contributed by atoms with E-state index in [0.29, 0.717) is 17.0 Å². The molecule has 1 aromatic carbocycles. The van der Waals surface area contributed by atoms with E-state index < -0.39 is 17.8 Å². The molecule has 1 atom stereocenters. The fraction of sp³-hybridized carbons (Fsp3) is 0.188. The third-order valence-corrected chi connectivity index (χ3v) is 3.32. The summed E-state index contributed by atoms with van der Waals surface area (Å²) in [6.07, 6.45) is -1.05. The van der Waals surface area contributed by atoms with Gasteiger partial charge in [-0.1, -0.05) is 25.3 Å². The summed E-state index contributed by atoms with van der Waals surface area (Å²) < 4.78 is 37.5. The quantitative estimate of drug-likeness (QED) is 0.898. The second kappa shape index (κ2) is 6.09. The topological polar surface area (TPSA) is 41.1 Å². The minimum Gasteiger partial charge on any atom is -0.372 e. The number of halogens is 3. The molecule has 116 valence electrons. The van der Waals surface area contributed by atoms with E-state index in [4.69, 9.17) is 0 Å². The highest BCUT2D eigenvalue weighted by molar-refractivity contribution is 5.86. The number of hydrogen-bond acceptors (Lipinski definition) is 2. The summed E-state index contributed by atoms with van der Waals surface area (Å²) in [4.78, 5) is 12.0. The molecule has 3 nitrogen and oxygen atoms in total. The number of hydrogen-bond donors (Lipinski definition) is 2. The first-order valence-electron chi connectivity index (χ1n) is 6.58. The lowest BCUT2D eigenvalue weighted by atomic mass is 10.0. The van der Waals surface area contributed by atoms with Crippen molar-refractivity contribution in [1.29, 1.82) is 0 Å². The Morgan fingerprint density at radius 3 is 2.18 bits per heavy atom. The van der Waals surface area contributed by atoms with Crippen molar-refractivity contribution in [3.63, 3.8) is 0 Å². The van der Waals surface area contributed by atoms with Gasteiger partial charge in [0.2, 0.25) is 5.91 Å². The standard InChI is InChI=1S/C16H15F3N2O/c1-3-12-13(4-2)21-15(22)14(20-12)9-10-5-7-11(8-6-10)16(17,18)19/h3-8,14,20H,1-2,9H2,(H,21,22). The zero-order chi connectivity index (χ0) is 16.3. The monoisotopic (exact) mass is 308 g/mol. The summed E-state index contributed by atoms with van der Waals surface area (Å²) in [7, 11) is 0. The molecule has 0 bridgehead atoms. The highest BCUT2D eigenvalue weighted by Gasteiger charge is 2.30. The highest BCUT2D eigenvalue weighted by atomic mass is 19.4. The summed E-state index contributed by atoms with van der Waals surface area (Å²) in [5, 5.41) is 5.69. The maximum Gasteiger partial charge on any atom is 0.416 e. The minimum atomic E-state index is -4.36. The molecule has 0 aliphatic carbocycles. The van der Waals surface area contributed by atoms with E-state index in [9.17, 15) is 18.0 Å². The first-order valence-corrected chi connectivity index (χ1v) is 6.58. The minimum absolute atomic E-state index is 0.264. The van der Waals surface area contributed by atoms with Crippen LogP contribution >= 0.6 is 0 Å². The number of carbonyl (C=O) groups excluding carboxylic acids is 1. The largest absolute Gasteiger partial charge is 0.416 e. The Morgan fingerprint density at radius 2 is 1.68 bits per heavy atom. The van der Waals surface area contributed by atoms with Crippen molar-refractivity contribution in [2.75, 3.05) is 0 Å². The van der Waals surface area contributed by atoms with E-state index in [1.54, 1.807) is 6.08 Å². The van der Waals surface area contributed by atoms with Crippen LogP contribution in [-0.4, -0.2) is 11.9 Å². The molecule has 0 aromatic heterocycles. The molecule has 0 saturated carbocycles. The van der Waals surface area contributed by atoms with Crippen molar-refractivity contribution in [1.82, 2.24) is 10.6 Å². The van der Waals surface area contributed by atoms with Gasteiger partial charge in [-0.3, -0.25) is 4.79 Å². The average Bonchev–Trinajstić information content (AvgIpc) is 2.48. The van der Waals surface area contributed by atoms with Crippen molar-refractivity contribution < 1.29 is 18.0 Å². The predicted molar refractivity (Wildman–Crippen MR) is 77.6 cm³/mol. The van der Waals surface area contributed by atoms with E-state index in [-0.39, 0.29) is 12.3 Å². The zero-order valence-electron chi connectivity index (χ0n) is 11.7. The van der Waals surface area contributed by atoms with Crippen LogP contribution < -0.4 is 10.6 Å². The maximum absolute atomic E-state index is 12.5. The van der Waals surface area contributed by atoms with Gasteiger partial charge in [-0.15, -0.1) is 0 Å². The lowest BCUT2D eigenvalue weighted by molar-refractivity contribution is -0.137. The van der Waals surface area contributed by atoms with Crippen molar-refractivity contribution in [3.05, 3.63) is 72.1 Å². The Hall–Kier alpha value is -2.50. The fourth-order valence-electron chi connectivity index (χ4n) is 2.16. The number of rotatable bonds is 4. The van der Waals surface area contributed by atoms with Crippen LogP contribution in [0.2, 0.25) is 0 Å².